The highest BCUT2D eigenvalue weighted by atomic mass is 16.3. The van der Waals surface area contributed by atoms with E-state index in [-0.39, 0.29) is 0 Å². The minimum absolute atomic E-state index is 0.913. The number of fused-ring (bicyclic) bond motifs is 18. The first kappa shape index (κ1) is 71.0. The van der Waals surface area contributed by atoms with E-state index in [1.807, 2.05) is 18.2 Å². The molecule has 26 rings (SSSR count). The maximum absolute atomic E-state index is 6.50. The quantitative estimate of drug-likeness (QED) is 0.142. The van der Waals surface area contributed by atoms with Crippen LogP contribution in [-0.4, -0.2) is 0 Å². The molecular weight excluding hydrogens is 1490 g/mol. The predicted molar refractivity (Wildman–Crippen MR) is 522 cm³/mol. The van der Waals surface area contributed by atoms with Crippen molar-refractivity contribution in [3.8, 4) is 89.0 Å². The van der Waals surface area contributed by atoms with E-state index in [1.54, 1.807) is 0 Å². The second-order valence-corrected chi connectivity index (χ2v) is 32.1. The fourth-order valence-corrected chi connectivity index (χ4v) is 20.2. The SMILES string of the molecule is c1ccc(-c2c3ccccc3c(-c3c4ccccc4cc4oc5ccccc5c34)c3ccccc23)cc1.c1ccc(-c2cccc(-c3c4ccccc4c(-c4c5ccccc5cc5oc6ccccc6c45)c4ccccc34)c2)cc1.c1ccc(-c2ccccc2-c2c3ccccc3c(-c3c4ccccc4cc4oc5ccccc5c34)c3ccccc23)cc1. The van der Waals surface area contributed by atoms with Crippen molar-refractivity contribution < 1.29 is 13.3 Å². The summed E-state index contributed by atoms with van der Waals surface area (Å²) in [5.74, 6) is 0. The first-order valence-corrected chi connectivity index (χ1v) is 42.3. The maximum atomic E-state index is 6.50. The Morgan fingerprint density at radius 1 is 0.114 bits per heavy atom. The average Bonchev–Trinajstić information content (AvgIpc) is 1.70. The summed E-state index contributed by atoms with van der Waals surface area (Å²) >= 11 is 0. The summed E-state index contributed by atoms with van der Waals surface area (Å²) in [5, 5.41) is 29.2. The third-order valence-electron chi connectivity index (χ3n) is 25.3. The zero-order valence-corrected chi connectivity index (χ0v) is 66.9. The molecule has 0 fully saturated rings. The number of rotatable bonds is 8. The molecule has 0 amide bonds. The Balaban J connectivity index is 0.000000104. The summed E-state index contributed by atoms with van der Waals surface area (Å²) in [6.45, 7) is 0. The zero-order chi connectivity index (χ0) is 81.0. The molecule has 3 heterocycles. The van der Waals surface area contributed by atoms with E-state index < -0.39 is 0 Å². The van der Waals surface area contributed by atoms with Gasteiger partial charge in [-0.25, -0.2) is 0 Å². The molecule has 3 nitrogen and oxygen atoms in total. The lowest BCUT2D eigenvalue weighted by molar-refractivity contribution is 0.669. The van der Waals surface area contributed by atoms with Gasteiger partial charge in [-0.2, -0.15) is 0 Å². The van der Waals surface area contributed by atoms with Crippen LogP contribution in [0.5, 0.6) is 0 Å². The topological polar surface area (TPSA) is 39.4 Å². The third-order valence-corrected chi connectivity index (χ3v) is 25.3. The molecule has 123 heavy (non-hydrogen) atoms. The van der Waals surface area contributed by atoms with Crippen LogP contribution in [0.3, 0.4) is 0 Å². The average molecular weight is 1560 g/mol. The van der Waals surface area contributed by atoms with E-state index in [1.165, 1.54) is 202 Å². The van der Waals surface area contributed by atoms with Crippen molar-refractivity contribution in [1.29, 1.82) is 0 Å². The van der Waals surface area contributed by atoms with Crippen LogP contribution in [0.1, 0.15) is 0 Å². The Kier molecular flexibility index (Phi) is 17.0. The summed E-state index contributed by atoms with van der Waals surface area (Å²) in [6, 6.07) is 161. The van der Waals surface area contributed by atoms with Gasteiger partial charge in [-0.1, -0.05) is 406 Å². The lowest BCUT2D eigenvalue weighted by Crippen LogP contribution is -1.93. The zero-order valence-electron chi connectivity index (χ0n) is 66.9. The normalized spacial score (nSPS) is 11.7. The molecule has 0 saturated heterocycles. The first-order valence-electron chi connectivity index (χ1n) is 42.3. The van der Waals surface area contributed by atoms with Crippen LogP contribution >= 0.6 is 0 Å². The van der Waals surface area contributed by atoms with E-state index in [0.717, 1.165) is 49.7 Å². The van der Waals surface area contributed by atoms with Gasteiger partial charge in [-0.3, -0.25) is 0 Å². The Morgan fingerprint density at radius 3 is 0.699 bits per heavy atom. The molecule has 0 aliphatic carbocycles. The van der Waals surface area contributed by atoms with Crippen LogP contribution < -0.4 is 0 Å². The number of hydrogen-bond donors (Lipinski definition) is 0. The second kappa shape index (κ2) is 29.4. The highest BCUT2D eigenvalue weighted by Gasteiger charge is 2.28. The molecule has 0 aliphatic rings. The highest BCUT2D eigenvalue weighted by Crippen LogP contribution is 2.55. The maximum Gasteiger partial charge on any atom is 0.136 e. The van der Waals surface area contributed by atoms with Crippen LogP contribution in [0.2, 0.25) is 0 Å². The van der Waals surface area contributed by atoms with Crippen molar-refractivity contribution in [1.82, 2.24) is 0 Å². The molecule has 0 bridgehead atoms. The summed E-state index contributed by atoms with van der Waals surface area (Å²) in [7, 11) is 0. The van der Waals surface area contributed by atoms with Crippen molar-refractivity contribution in [2.24, 2.45) is 0 Å². The monoisotopic (exact) mass is 1560 g/mol. The minimum Gasteiger partial charge on any atom is -0.456 e. The van der Waals surface area contributed by atoms with Gasteiger partial charge in [-0.05, 0) is 212 Å². The summed E-state index contributed by atoms with van der Waals surface area (Å²) in [5.41, 5.74) is 25.4. The Labute approximate surface area is 709 Å². The molecule has 572 valence electrons. The Morgan fingerprint density at radius 2 is 0.350 bits per heavy atom. The molecule has 0 saturated carbocycles. The lowest BCUT2D eigenvalue weighted by atomic mass is 9.82. The van der Waals surface area contributed by atoms with E-state index in [4.69, 9.17) is 13.3 Å². The number of hydrogen-bond acceptors (Lipinski definition) is 3. The lowest BCUT2D eigenvalue weighted by Gasteiger charge is -2.21. The Bertz CT molecular complexity index is 8580. The molecule has 3 heteroatoms. The second-order valence-electron chi connectivity index (χ2n) is 32.1. The molecule has 23 aromatic carbocycles. The molecule has 0 aliphatic heterocycles. The smallest absolute Gasteiger partial charge is 0.136 e. The van der Waals surface area contributed by atoms with Gasteiger partial charge in [0.25, 0.3) is 0 Å². The molecule has 0 spiro atoms. The van der Waals surface area contributed by atoms with Crippen molar-refractivity contribution in [3.05, 3.63) is 449 Å². The molecule has 0 unspecified atom stereocenters. The fourth-order valence-electron chi connectivity index (χ4n) is 20.2. The van der Waals surface area contributed by atoms with Gasteiger partial charge >= 0.3 is 0 Å². The fraction of sp³-hybridized carbons (Fsp3) is 0. The van der Waals surface area contributed by atoms with Gasteiger partial charge in [0.1, 0.15) is 33.5 Å². The van der Waals surface area contributed by atoms with Crippen molar-refractivity contribution in [2.75, 3.05) is 0 Å². The minimum atomic E-state index is 0.913. The van der Waals surface area contributed by atoms with Crippen molar-refractivity contribution >= 4 is 163 Å². The van der Waals surface area contributed by atoms with Gasteiger partial charge in [0.15, 0.2) is 0 Å². The molecular formula is C120H74O3. The van der Waals surface area contributed by atoms with Crippen molar-refractivity contribution in [3.63, 3.8) is 0 Å². The van der Waals surface area contributed by atoms with Gasteiger partial charge in [0, 0.05) is 49.0 Å². The molecule has 0 atom stereocenters. The molecule has 26 aromatic rings. The Hall–Kier alpha value is -16.2. The van der Waals surface area contributed by atoms with Crippen LogP contribution in [0.4, 0.5) is 0 Å². The highest BCUT2D eigenvalue weighted by molar-refractivity contribution is 6.34. The van der Waals surface area contributed by atoms with Crippen LogP contribution in [0.25, 0.3) is 252 Å². The van der Waals surface area contributed by atoms with Gasteiger partial charge in [-0.15, -0.1) is 0 Å². The summed E-state index contributed by atoms with van der Waals surface area (Å²) < 4.78 is 19.4. The van der Waals surface area contributed by atoms with E-state index >= 15 is 0 Å². The largest absolute Gasteiger partial charge is 0.456 e. The van der Waals surface area contributed by atoms with E-state index in [9.17, 15) is 0 Å². The summed E-state index contributed by atoms with van der Waals surface area (Å²) in [4.78, 5) is 0. The van der Waals surface area contributed by atoms with Crippen LogP contribution in [0.15, 0.2) is 462 Å². The van der Waals surface area contributed by atoms with Crippen molar-refractivity contribution in [2.45, 2.75) is 0 Å². The van der Waals surface area contributed by atoms with Crippen LogP contribution in [-0.2, 0) is 0 Å². The number of furan rings is 3. The predicted octanol–water partition coefficient (Wildman–Crippen LogP) is 34.5. The number of para-hydroxylation sites is 3. The summed E-state index contributed by atoms with van der Waals surface area (Å²) in [6.07, 6.45) is 0. The van der Waals surface area contributed by atoms with Crippen LogP contribution in [0, 0.1) is 0 Å². The van der Waals surface area contributed by atoms with E-state index in [2.05, 4.69) is 431 Å². The van der Waals surface area contributed by atoms with Gasteiger partial charge in [0.2, 0.25) is 0 Å². The standard InChI is InChI=1S/2C42H26O.C36H22O/c1-2-13-27(14-3-1)28-16-12-17-30(25-28)39-32-19-6-8-21-34(32)40(35-22-9-7-20-33(35)39)42-31-18-5-4-15-29(31)26-38-41(42)36-23-10-11-24-37(36)43-38;1-2-14-27(15-3-1)29-17-6-7-19-31(29)39-32-20-8-10-22-34(32)40(35-23-11-9-21-33(35)39)42-30-18-5-4-16-28(30)26-38-41(42)36-24-12-13-25-37(36)43-38;1-2-12-23(13-3-1)33-26-16-6-8-18-28(26)34(29-19-9-7-17-27(29)33)36-25-15-5-4-14-24(25)22-32-35(36)30-20-10-11-21-31(30)37-32/h2*1-26H;1-22H. The molecule has 0 radical (unpaired) electrons. The molecule has 3 aromatic heterocycles. The first-order chi connectivity index (χ1) is 61.1. The third kappa shape index (κ3) is 11.7. The molecule has 0 N–H and O–H groups in total. The van der Waals surface area contributed by atoms with Gasteiger partial charge < -0.3 is 13.3 Å². The number of benzene rings is 23. The van der Waals surface area contributed by atoms with Gasteiger partial charge in [0.05, 0.1) is 0 Å². The van der Waals surface area contributed by atoms with E-state index in [0.29, 0.717) is 0 Å².